The molecule has 0 aromatic heterocycles. The molecule has 0 spiro atoms. The van der Waals surface area contributed by atoms with Gasteiger partial charge in [-0.3, -0.25) is 10.1 Å². The minimum atomic E-state index is -0.0292. The van der Waals surface area contributed by atoms with Crippen LogP contribution in [0.15, 0.2) is 24.3 Å². The fourth-order valence-corrected chi connectivity index (χ4v) is 3.31. The number of amides is 1. The van der Waals surface area contributed by atoms with E-state index in [-0.39, 0.29) is 12.1 Å². The van der Waals surface area contributed by atoms with Gasteiger partial charge in [-0.1, -0.05) is 12.1 Å². The summed E-state index contributed by atoms with van der Waals surface area (Å²) in [5.74, 6) is 1.60. The summed E-state index contributed by atoms with van der Waals surface area (Å²) in [5, 5.41) is 3.32. The van der Waals surface area contributed by atoms with Gasteiger partial charge in [-0.15, -0.1) is 0 Å². The number of carbonyl (C=O) groups excluding carboxylic acids is 1. The molecule has 2 unspecified atom stereocenters. The van der Waals surface area contributed by atoms with Crippen LogP contribution in [0.1, 0.15) is 18.2 Å². The normalized spacial score (nSPS) is 26.6. The molecular formula is C16H23N3O2. The van der Waals surface area contributed by atoms with Gasteiger partial charge in [-0.05, 0) is 43.6 Å². The molecule has 1 amide bonds. The van der Waals surface area contributed by atoms with Gasteiger partial charge in [0.05, 0.1) is 13.7 Å². The second kappa shape index (κ2) is 6.03. The van der Waals surface area contributed by atoms with E-state index in [0.717, 1.165) is 30.9 Å². The van der Waals surface area contributed by atoms with Gasteiger partial charge in [0.1, 0.15) is 11.9 Å². The maximum atomic E-state index is 12.2. The summed E-state index contributed by atoms with van der Waals surface area (Å²) in [6, 6.07) is 7.95. The molecule has 2 aliphatic rings. The van der Waals surface area contributed by atoms with E-state index in [4.69, 9.17) is 4.74 Å². The highest BCUT2D eigenvalue weighted by atomic mass is 16.5. The molecule has 2 heterocycles. The summed E-state index contributed by atoms with van der Waals surface area (Å²) in [5.41, 5.74) is 1.09. The molecule has 114 valence electrons. The van der Waals surface area contributed by atoms with E-state index < -0.39 is 0 Å². The van der Waals surface area contributed by atoms with E-state index in [1.165, 1.54) is 6.42 Å². The third kappa shape index (κ3) is 3.04. The molecule has 1 N–H and O–H groups in total. The Morgan fingerprint density at radius 1 is 1.43 bits per heavy atom. The lowest BCUT2D eigenvalue weighted by molar-refractivity contribution is -0.128. The van der Waals surface area contributed by atoms with Crippen LogP contribution in [0.4, 0.5) is 0 Å². The maximum absolute atomic E-state index is 12.2. The third-order valence-electron chi connectivity index (χ3n) is 4.43. The molecule has 21 heavy (non-hydrogen) atoms. The van der Waals surface area contributed by atoms with Crippen molar-refractivity contribution >= 4 is 5.91 Å². The summed E-state index contributed by atoms with van der Waals surface area (Å²) in [6.45, 7) is 3.46. The van der Waals surface area contributed by atoms with Crippen LogP contribution in [-0.2, 0) is 4.79 Å². The molecule has 1 aromatic carbocycles. The SMILES string of the molecule is COc1cccc(C2NCC(=O)N2CC2CCN(C)C2)c1. The van der Waals surface area contributed by atoms with Crippen molar-refractivity contribution in [3.8, 4) is 5.75 Å². The first-order valence-corrected chi connectivity index (χ1v) is 7.52. The zero-order chi connectivity index (χ0) is 14.8. The highest BCUT2D eigenvalue weighted by Crippen LogP contribution is 2.28. The van der Waals surface area contributed by atoms with Crippen LogP contribution < -0.4 is 10.1 Å². The van der Waals surface area contributed by atoms with Gasteiger partial charge in [0.15, 0.2) is 0 Å². The Hall–Kier alpha value is -1.59. The van der Waals surface area contributed by atoms with Crippen LogP contribution in [0, 0.1) is 5.92 Å². The van der Waals surface area contributed by atoms with E-state index in [0.29, 0.717) is 12.5 Å². The Morgan fingerprint density at radius 2 is 2.29 bits per heavy atom. The number of methoxy groups -OCH3 is 1. The predicted molar refractivity (Wildman–Crippen MR) is 81.1 cm³/mol. The van der Waals surface area contributed by atoms with Crippen molar-refractivity contribution < 1.29 is 9.53 Å². The average molecular weight is 289 g/mol. The average Bonchev–Trinajstić information content (AvgIpc) is 3.06. The molecule has 2 saturated heterocycles. The van der Waals surface area contributed by atoms with Crippen molar-refractivity contribution in [3.63, 3.8) is 0 Å². The molecular weight excluding hydrogens is 266 g/mol. The molecule has 0 radical (unpaired) electrons. The number of carbonyl (C=O) groups is 1. The van der Waals surface area contributed by atoms with Crippen molar-refractivity contribution in [3.05, 3.63) is 29.8 Å². The second-order valence-electron chi connectivity index (χ2n) is 6.02. The van der Waals surface area contributed by atoms with Gasteiger partial charge in [-0.25, -0.2) is 0 Å². The first-order chi connectivity index (χ1) is 10.2. The largest absolute Gasteiger partial charge is 0.497 e. The molecule has 0 aliphatic carbocycles. The molecule has 1 aromatic rings. The van der Waals surface area contributed by atoms with E-state index >= 15 is 0 Å². The number of ether oxygens (including phenoxy) is 1. The zero-order valence-electron chi connectivity index (χ0n) is 12.7. The molecule has 5 nitrogen and oxygen atoms in total. The van der Waals surface area contributed by atoms with Gasteiger partial charge in [0.25, 0.3) is 0 Å². The summed E-state index contributed by atoms with van der Waals surface area (Å²) in [4.78, 5) is 16.5. The minimum Gasteiger partial charge on any atom is -0.497 e. The van der Waals surface area contributed by atoms with E-state index in [9.17, 15) is 4.79 Å². The lowest BCUT2D eigenvalue weighted by atomic mass is 10.1. The number of hydrogen-bond donors (Lipinski definition) is 1. The zero-order valence-corrected chi connectivity index (χ0v) is 12.7. The number of hydrogen-bond acceptors (Lipinski definition) is 4. The van der Waals surface area contributed by atoms with Gasteiger partial charge < -0.3 is 14.5 Å². The highest BCUT2D eigenvalue weighted by Gasteiger charge is 2.34. The van der Waals surface area contributed by atoms with Crippen LogP contribution in [-0.4, -0.2) is 56.0 Å². The fraction of sp³-hybridized carbons (Fsp3) is 0.562. The molecule has 0 saturated carbocycles. The van der Waals surface area contributed by atoms with Crippen LogP contribution >= 0.6 is 0 Å². The quantitative estimate of drug-likeness (QED) is 0.901. The van der Waals surface area contributed by atoms with Gasteiger partial charge in [0.2, 0.25) is 5.91 Å². The monoisotopic (exact) mass is 289 g/mol. The van der Waals surface area contributed by atoms with Gasteiger partial charge in [0, 0.05) is 13.1 Å². The van der Waals surface area contributed by atoms with Crippen molar-refractivity contribution in [2.45, 2.75) is 12.6 Å². The summed E-state index contributed by atoms with van der Waals surface area (Å²) >= 11 is 0. The van der Waals surface area contributed by atoms with Gasteiger partial charge in [-0.2, -0.15) is 0 Å². The molecule has 3 rings (SSSR count). The van der Waals surface area contributed by atoms with Crippen LogP contribution in [0.2, 0.25) is 0 Å². The Kier molecular flexibility index (Phi) is 4.12. The maximum Gasteiger partial charge on any atom is 0.238 e. The molecule has 2 fully saturated rings. The second-order valence-corrected chi connectivity index (χ2v) is 6.02. The van der Waals surface area contributed by atoms with Crippen molar-refractivity contribution in [2.24, 2.45) is 5.92 Å². The summed E-state index contributed by atoms with van der Waals surface area (Å²) in [7, 11) is 3.81. The first kappa shape index (κ1) is 14.4. The van der Waals surface area contributed by atoms with Crippen LogP contribution in [0.5, 0.6) is 5.75 Å². The van der Waals surface area contributed by atoms with E-state index in [2.05, 4.69) is 17.3 Å². The lowest BCUT2D eigenvalue weighted by Crippen LogP contribution is -2.35. The predicted octanol–water partition coefficient (Wildman–Crippen LogP) is 1.08. The Morgan fingerprint density at radius 3 is 3.00 bits per heavy atom. The van der Waals surface area contributed by atoms with E-state index in [1.807, 2.05) is 29.2 Å². The fourth-order valence-electron chi connectivity index (χ4n) is 3.31. The smallest absolute Gasteiger partial charge is 0.238 e. The van der Waals surface area contributed by atoms with Crippen molar-refractivity contribution in [1.82, 2.24) is 15.1 Å². The first-order valence-electron chi connectivity index (χ1n) is 7.52. The Bertz CT molecular complexity index is 520. The molecule has 2 atom stereocenters. The third-order valence-corrected chi connectivity index (χ3v) is 4.43. The molecule has 5 heteroatoms. The van der Waals surface area contributed by atoms with Gasteiger partial charge >= 0.3 is 0 Å². The summed E-state index contributed by atoms with van der Waals surface area (Å²) in [6.07, 6.45) is 1.14. The number of nitrogens with one attached hydrogen (secondary N) is 1. The Labute approximate surface area is 125 Å². The lowest BCUT2D eigenvalue weighted by Gasteiger charge is -2.27. The topological polar surface area (TPSA) is 44.8 Å². The molecule has 2 aliphatic heterocycles. The number of rotatable bonds is 4. The molecule has 0 bridgehead atoms. The summed E-state index contributed by atoms with van der Waals surface area (Å²) < 4.78 is 5.29. The van der Waals surface area contributed by atoms with Crippen LogP contribution in [0.25, 0.3) is 0 Å². The number of nitrogens with zero attached hydrogens (tertiary/aromatic N) is 2. The van der Waals surface area contributed by atoms with E-state index in [1.54, 1.807) is 7.11 Å². The number of likely N-dealkylation sites (tertiary alicyclic amines) is 1. The van der Waals surface area contributed by atoms with Crippen molar-refractivity contribution in [1.29, 1.82) is 0 Å². The standard InChI is InChI=1S/C16H23N3O2/c1-18-7-6-12(10-18)11-19-15(20)9-17-16(19)13-4-3-5-14(8-13)21-2/h3-5,8,12,16-17H,6-7,9-11H2,1-2H3. The Balaban J connectivity index is 1.75. The van der Waals surface area contributed by atoms with Crippen molar-refractivity contribution in [2.75, 3.05) is 40.3 Å². The minimum absolute atomic E-state index is 0.0292. The number of benzene rings is 1. The van der Waals surface area contributed by atoms with Crippen LogP contribution in [0.3, 0.4) is 0 Å². The highest BCUT2D eigenvalue weighted by molar-refractivity contribution is 5.81.